The number of anilines is 1. The predicted octanol–water partition coefficient (Wildman–Crippen LogP) is 6.85. The number of carbonyl (C=O) groups is 3. The molecule has 1 aliphatic heterocycles. The summed E-state index contributed by atoms with van der Waals surface area (Å²) in [6.45, 7) is 8.18. The highest BCUT2D eigenvalue weighted by atomic mass is 16.2. The van der Waals surface area contributed by atoms with Gasteiger partial charge in [0.05, 0.1) is 5.69 Å². The van der Waals surface area contributed by atoms with Crippen LogP contribution in [-0.2, 0) is 15.0 Å². The molecule has 5 fully saturated rings. The van der Waals surface area contributed by atoms with Crippen LogP contribution in [-0.4, -0.2) is 22.4 Å². The van der Waals surface area contributed by atoms with Gasteiger partial charge >= 0.3 is 6.03 Å². The van der Waals surface area contributed by atoms with Crippen molar-refractivity contribution >= 4 is 29.6 Å². The average Bonchev–Trinajstić information content (AvgIpc) is 3.20. The third kappa shape index (κ3) is 4.10. The number of aryl methyl sites for hydroxylation is 2. The highest BCUT2D eigenvalue weighted by molar-refractivity contribution is 6.39. The molecule has 1 saturated heterocycles. The van der Waals surface area contributed by atoms with Gasteiger partial charge in [-0.25, -0.2) is 9.69 Å². The number of barbiturate groups is 1. The molecule has 6 heteroatoms. The van der Waals surface area contributed by atoms with Gasteiger partial charge in [-0.2, -0.15) is 0 Å². The number of nitrogens with one attached hydrogen (secondary N) is 1. The van der Waals surface area contributed by atoms with Crippen molar-refractivity contribution in [3.05, 3.63) is 87.7 Å². The first-order valence-electron chi connectivity index (χ1n) is 14.9. The molecule has 0 radical (unpaired) electrons. The van der Waals surface area contributed by atoms with Gasteiger partial charge in [-0.3, -0.25) is 14.9 Å². The fourth-order valence-corrected chi connectivity index (χ4v) is 8.76. The van der Waals surface area contributed by atoms with E-state index in [0.29, 0.717) is 5.69 Å². The first-order valence-corrected chi connectivity index (χ1v) is 14.9. The molecule has 4 amide bonds. The van der Waals surface area contributed by atoms with Crippen LogP contribution in [0.4, 0.5) is 10.5 Å². The maximum atomic E-state index is 13.7. The van der Waals surface area contributed by atoms with Gasteiger partial charge in [0.1, 0.15) is 5.57 Å². The number of urea groups is 1. The predicted molar refractivity (Wildman–Crippen MR) is 160 cm³/mol. The highest BCUT2D eigenvalue weighted by Crippen LogP contribution is 2.60. The second kappa shape index (κ2) is 9.30. The number of hydrogen-bond acceptors (Lipinski definition) is 3. The first-order chi connectivity index (χ1) is 19.6. The Balaban J connectivity index is 1.20. The Morgan fingerprint density at radius 1 is 0.854 bits per heavy atom. The molecule has 0 spiro atoms. The molecule has 1 N–H and O–H groups in total. The zero-order valence-electron chi connectivity index (χ0n) is 24.3. The van der Waals surface area contributed by atoms with Gasteiger partial charge in [-0.05, 0) is 142 Å². The van der Waals surface area contributed by atoms with Gasteiger partial charge in [0, 0.05) is 17.1 Å². The van der Waals surface area contributed by atoms with Gasteiger partial charge < -0.3 is 4.57 Å². The second-order valence-corrected chi connectivity index (χ2v) is 13.1. The molecule has 1 aromatic heterocycles. The molecule has 41 heavy (non-hydrogen) atoms. The van der Waals surface area contributed by atoms with Crippen LogP contribution >= 0.6 is 0 Å². The fourth-order valence-electron chi connectivity index (χ4n) is 8.76. The van der Waals surface area contributed by atoms with Crippen LogP contribution in [0, 0.1) is 45.4 Å². The number of carbonyl (C=O) groups excluding carboxylic acids is 3. The fraction of sp³-hybridized carbons (Fsp3) is 0.400. The minimum atomic E-state index is -0.708. The van der Waals surface area contributed by atoms with Crippen LogP contribution in [0.25, 0.3) is 11.8 Å². The summed E-state index contributed by atoms with van der Waals surface area (Å²) in [6, 6.07) is 15.4. The van der Waals surface area contributed by atoms with Gasteiger partial charge in [0.2, 0.25) is 0 Å². The molecule has 3 aromatic rings. The number of hydrogen-bond donors (Lipinski definition) is 1. The molecule has 4 aliphatic carbocycles. The molecule has 4 saturated carbocycles. The monoisotopic (exact) mass is 547 g/mol. The van der Waals surface area contributed by atoms with Crippen molar-refractivity contribution in [3.8, 4) is 5.69 Å². The van der Waals surface area contributed by atoms with Crippen molar-refractivity contribution in [1.29, 1.82) is 0 Å². The van der Waals surface area contributed by atoms with Crippen molar-refractivity contribution in [2.75, 3.05) is 4.90 Å². The standard InChI is InChI=1S/C35H37N3O3/c1-20-6-5-7-31(22(20)3)37-21(2)12-27(23(37)4)16-30-32(39)36-34(41)38(33(30)40)29-10-8-28(9-11-29)35-17-24-13-25(18-35)15-26(14-24)19-35/h5-12,16,24-26H,13-15,17-19H2,1-4H3,(H,36,39,41)/b30-16+. The first kappa shape index (κ1) is 26.0. The Labute approximate surface area is 241 Å². The number of imide groups is 2. The summed E-state index contributed by atoms with van der Waals surface area (Å²) in [5.41, 5.74) is 8.14. The van der Waals surface area contributed by atoms with Crippen LogP contribution in [0.2, 0.25) is 0 Å². The molecule has 210 valence electrons. The van der Waals surface area contributed by atoms with E-state index in [4.69, 9.17) is 0 Å². The van der Waals surface area contributed by atoms with Crippen molar-refractivity contribution < 1.29 is 14.4 Å². The topological polar surface area (TPSA) is 71.4 Å². The summed E-state index contributed by atoms with van der Waals surface area (Å²) in [5.74, 6) is 1.25. The molecule has 0 unspecified atom stereocenters. The second-order valence-electron chi connectivity index (χ2n) is 13.1. The lowest BCUT2D eigenvalue weighted by Crippen LogP contribution is -2.54. The summed E-state index contributed by atoms with van der Waals surface area (Å²) in [7, 11) is 0. The van der Waals surface area contributed by atoms with Crippen LogP contribution < -0.4 is 10.2 Å². The molecule has 0 atom stereocenters. The Kier molecular flexibility index (Phi) is 5.90. The lowest BCUT2D eigenvalue weighted by Gasteiger charge is -2.57. The molecular formula is C35H37N3O3. The van der Waals surface area contributed by atoms with Gasteiger partial charge in [-0.15, -0.1) is 0 Å². The Morgan fingerprint density at radius 2 is 1.49 bits per heavy atom. The quantitative estimate of drug-likeness (QED) is 0.287. The normalized spacial score (nSPS) is 28.1. The van der Waals surface area contributed by atoms with E-state index in [1.165, 1.54) is 55.2 Å². The van der Waals surface area contributed by atoms with E-state index in [0.717, 1.165) is 45.3 Å². The minimum absolute atomic E-state index is 0.0454. The Morgan fingerprint density at radius 3 is 2.12 bits per heavy atom. The van der Waals surface area contributed by atoms with Crippen molar-refractivity contribution in [2.45, 2.75) is 71.6 Å². The summed E-state index contributed by atoms with van der Waals surface area (Å²) in [6.07, 6.45) is 9.53. The summed E-state index contributed by atoms with van der Waals surface area (Å²) in [4.78, 5) is 40.7. The lowest BCUT2D eigenvalue weighted by atomic mass is 9.48. The van der Waals surface area contributed by atoms with E-state index < -0.39 is 17.8 Å². The van der Waals surface area contributed by atoms with E-state index in [9.17, 15) is 14.4 Å². The molecule has 4 bridgehead atoms. The number of rotatable bonds is 4. The van der Waals surface area contributed by atoms with Crippen molar-refractivity contribution in [3.63, 3.8) is 0 Å². The molecule has 5 aliphatic rings. The zero-order chi connectivity index (χ0) is 28.6. The highest BCUT2D eigenvalue weighted by Gasteiger charge is 2.51. The Hall–Kier alpha value is -3.93. The Bertz CT molecular complexity index is 1610. The minimum Gasteiger partial charge on any atom is -0.318 e. The molecule has 2 heterocycles. The van der Waals surface area contributed by atoms with Gasteiger partial charge in [0.25, 0.3) is 11.8 Å². The van der Waals surface area contributed by atoms with Crippen molar-refractivity contribution in [2.24, 2.45) is 17.8 Å². The number of aromatic nitrogens is 1. The van der Waals surface area contributed by atoms with Crippen LogP contribution in [0.3, 0.4) is 0 Å². The van der Waals surface area contributed by atoms with E-state index in [1.807, 2.05) is 38.1 Å². The largest absolute Gasteiger partial charge is 0.335 e. The lowest BCUT2D eigenvalue weighted by molar-refractivity contribution is -0.122. The van der Waals surface area contributed by atoms with Crippen LogP contribution in [0.1, 0.15) is 72.2 Å². The van der Waals surface area contributed by atoms with Crippen LogP contribution in [0.5, 0.6) is 0 Å². The SMILES string of the molecule is Cc1cccc(-n2c(C)cc(/C=C3\C(=O)NC(=O)N(c4ccc(C56CC7CC(CC(C7)C5)C6)cc4)C3=O)c2C)c1C. The number of nitrogens with zero attached hydrogens (tertiary/aromatic N) is 2. The molecule has 2 aromatic carbocycles. The van der Waals surface area contributed by atoms with E-state index in [2.05, 4.69) is 48.0 Å². The van der Waals surface area contributed by atoms with Crippen molar-refractivity contribution in [1.82, 2.24) is 9.88 Å². The van der Waals surface area contributed by atoms with E-state index in [1.54, 1.807) is 6.08 Å². The zero-order valence-corrected chi connectivity index (χ0v) is 24.3. The third-order valence-electron chi connectivity index (χ3n) is 10.5. The maximum Gasteiger partial charge on any atom is 0.335 e. The number of benzene rings is 2. The third-order valence-corrected chi connectivity index (χ3v) is 10.5. The number of amides is 4. The maximum absolute atomic E-state index is 13.7. The molecule has 6 nitrogen and oxygen atoms in total. The van der Waals surface area contributed by atoms with E-state index in [-0.39, 0.29) is 11.0 Å². The molecular weight excluding hydrogens is 510 g/mol. The van der Waals surface area contributed by atoms with Gasteiger partial charge in [0.15, 0.2) is 0 Å². The van der Waals surface area contributed by atoms with E-state index >= 15 is 0 Å². The van der Waals surface area contributed by atoms with Crippen LogP contribution in [0.15, 0.2) is 54.1 Å². The molecule has 8 rings (SSSR count). The smallest absolute Gasteiger partial charge is 0.318 e. The average molecular weight is 548 g/mol. The summed E-state index contributed by atoms with van der Waals surface area (Å²) < 4.78 is 2.14. The van der Waals surface area contributed by atoms with Gasteiger partial charge in [-0.1, -0.05) is 24.3 Å². The summed E-state index contributed by atoms with van der Waals surface area (Å²) >= 11 is 0. The summed E-state index contributed by atoms with van der Waals surface area (Å²) in [5, 5.41) is 2.39.